The average Bonchev–Trinajstić information content (AvgIpc) is 3.22. The summed E-state index contributed by atoms with van der Waals surface area (Å²) in [5.41, 5.74) is 0. The zero-order chi connectivity index (χ0) is 13.7. The van der Waals surface area contributed by atoms with Crippen molar-refractivity contribution in [1.29, 1.82) is 0 Å². The molecule has 0 spiro atoms. The maximum absolute atomic E-state index is 11.8. The van der Waals surface area contributed by atoms with Crippen LogP contribution in [0.25, 0.3) is 0 Å². The second kappa shape index (κ2) is 6.75. The summed E-state index contributed by atoms with van der Waals surface area (Å²) in [5, 5.41) is 11.7. The first-order valence-corrected chi connectivity index (χ1v) is 7.00. The average molecular weight is 270 g/mol. The third kappa shape index (κ3) is 4.70. The second-order valence-electron chi connectivity index (χ2n) is 5.37. The van der Waals surface area contributed by atoms with Crippen LogP contribution in [0, 0.1) is 11.8 Å². The third-order valence-corrected chi connectivity index (χ3v) is 3.63. The minimum absolute atomic E-state index is 0.180. The van der Waals surface area contributed by atoms with E-state index in [1.807, 2.05) is 0 Å². The van der Waals surface area contributed by atoms with Crippen LogP contribution in [-0.2, 0) is 9.53 Å². The fraction of sp³-hybridized carbons (Fsp3) is 0.846. The Labute approximate surface area is 113 Å². The Morgan fingerprint density at radius 1 is 1.32 bits per heavy atom. The standard InChI is InChI=1S/C13H22N2O4/c16-12(17)11-2-1-6-15(8-11)13(18)14-5-7-19-9-10-3-4-10/h10-11H,1-9H2,(H,14,18)(H,16,17)/t11-/m1/s1. The van der Waals surface area contributed by atoms with Crippen molar-refractivity contribution in [3.63, 3.8) is 0 Å². The van der Waals surface area contributed by atoms with Gasteiger partial charge < -0.3 is 20.1 Å². The Balaban J connectivity index is 1.59. The van der Waals surface area contributed by atoms with Crippen molar-refractivity contribution in [2.45, 2.75) is 25.7 Å². The number of piperidine rings is 1. The van der Waals surface area contributed by atoms with Crippen molar-refractivity contribution in [2.24, 2.45) is 11.8 Å². The number of urea groups is 1. The van der Waals surface area contributed by atoms with E-state index in [0.29, 0.717) is 32.7 Å². The van der Waals surface area contributed by atoms with E-state index in [0.717, 1.165) is 18.9 Å². The van der Waals surface area contributed by atoms with Gasteiger partial charge in [0.25, 0.3) is 0 Å². The summed E-state index contributed by atoms with van der Waals surface area (Å²) in [7, 11) is 0. The van der Waals surface area contributed by atoms with Gasteiger partial charge >= 0.3 is 12.0 Å². The quantitative estimate of drug-likeness (QED) is 0.703. The van der Waals surface area contributed by atoms with Crippen LogP contribution in [-0.4, -0.2) is 54.9 Å². The van der Waals surface area contributed by atoms with Gasteiger partial charge in [-0.25, -0.2) is 4.79 Å². The van der Waals surface area contributed by atoms with Gasteiger partial charge in [0.1, 0.15) is 0 Å². The van der Waals surface area contributed by atoms with Gasteiger partial charge in [0.15, 0.2) is 0 Å². The summed E-state index contributed by atoms with van der Waals surface area (Å²) in [6.07, 6.45) is 3.93. The summed E-state index contributed by atoms with van der Waals surface area (Å²) in [5.74, 6) is -0.509. The molecule has 19 heavy (non-hydrogen) atoms. The Kier molecular flexibility index (Phi) is 5.01. The number of carboxylic acids is 1. The molecule has 1 heterocycles. The molecule has 2 rings (SSSR count). The molecule has 0 aromatic carbocycles. The Hall–Kier alpha value is -1.30. The maximum Gasteiger partial charge on any atom is 0.317 e. The smallest absolute Gasteiger partial charge is 0.317 e. The lowest BCUT2D eigenvalue weighted by Crippen LogP contribution is -2.47. The molecule has 0 aromatic heterocycles. The molecule has 2 fully saturated rings. The summed E-state index contributed by atoms with van der Waals surface area (Å²) >= 11 is 0. The lowest BCUT2D eigenvalue weighted by molar-refractivity contribution is -0.143. The van der Waals surface area contributed by atoms with E-state index in [4.69, 9.17) is 9.84 Å². The Morgan fingerprint density at radius 3 is 2.79 bits per heavy atom. The van der Waals surface area contributed by atoms with Crippen LogP contribution in [0.5, 0.6) is 0 Å². The highest BCUT2D eigenvalue weighted by Gasteiger charge is 2.27. The first-order chi connectivity index (χ1) is 9.16. The summed E-state index contributed by atoms with van der Waals surface area (Å²) in [6, 6.07) is -0.180. The van der Waals surface area contributed by atoms with Gasteiger partial charge in [0, 0.05) is 26.2 Å². The van der Waals surface area contributed by atoms with Crippen molar-refractivity contribution in [3.8, 4) is 0 Å². The van der Waals surface area contributed by atoms with Crippen molar-refractivity contribution in [1.82, 2.24) is 10.2 Å². The topological polar surface area (TPSA) is 78.9 Å². The molecule has 1 aliphatic heterocycles. The lowest BCUT2D eigenvalue weighted by Gasteiger charge is -2.30. The van der Waals surface area contributed by atoms with E-state index < -0.39 is 11.9 Å². The predicted octanol–water partition coefficient (Wildman–Crippen LogP) is 0.919. The second-order valence-corrected chi connectivity index (χ2v) is 5.37. The highest BCUT2D eigenvalue weighted by Crippen LogP contribution is 2.28. The van der Waals surface area contributed by atoms with Crippen LogP contribution in [0.1, 0.15) is 25.7 Å². The fourth-order valence-corrected chi connectivity index (χ4v) is 2.24. The molecule has 1 aliphatic carbocycles. The largest absolute Gasteiger partial charge is 0.481 e. The number of ether oxygens (including phenoxy) is 1. The van der Waals surface area contributed by atoms with Gasteiger partial charge in [-0.3, -0.25) is 4.79 Å². The first kappa shape index (κ1) is 14.1. The highest BCUT2D eigenvalue weighted by atomic mass is 16.5. The van der Waals surface area contributed by atoms with Gasteiger partial charge in [-0.1, -0.05) is 0 Å². The van der Waals surface area contributed by atoms with Crippen LogP contribution in [0.3, 0.4) is 0 Å². The highest BCUT2D eigenvalue weighted by molar-refractivity contribution is 5.76. The van der Waals surface area contributed by atoms with Crippen molar-refractivity contribution < 1.29 is 19.4 Å². The molecule has 1 saturated carbocycles. The predicted molar refractivity (Wildman–Crippen MR) is 68.9 cm³/mol. The number of amides is 2. The normalized spacial score (nSPS) is 23.2. The molecular formula is C13H22N2O4. The van der Waals surface area contributed by atoms with Gasteiger partial charge in [0.2, 0.25) is 0 Å². The van der Waals surface area contributed by atoms with Crippen molar-refractivity contribution >= 4 is 12.0 Å². The van der Waals surface area contributed by atoms with E-state index >= 15 is 0 Å². The molecule has 0 unspecified atom stereocenters. The molecule has 1 saturated heterocycles. The van der Waals surface area contributed by atoms with Crippen LogP contribution in [0.15, 0.2) is 0 Å². The first-order valence-electron chi connectivity index (χ1n) is 7.00. The SMILES string of the molecule is O=C(O)[C@@H]1CCCN(C(=O)NCCOCC2CC2)C1. The van der Waals surface area contributed by atoms with Crippen LogP contribution < -0.4 is 5.32 Å². The van der Waals surface area contributed by atoms with E-state index in [1.165, 1.54) is 12.8 Å². The van der Waals surface area contributed by atoms with E-state index in [9.17, 15) is 9.59 Å². The summed E-state index contributed by atoms with van der Waals surface area (Å²) in [4.78, 5) is 24.3. The Morgan fingerprint density at radius 2 is 2.11 bits per heavy atom. The van der Waals surface area contributed by atoms with Crippen LogP contribution >= 0.6 is 0 Å². The van der Waals surface area contributed by atoms with Gasteiger partial charge in [-0.15, -0.1) is 0 Å². The molecule has 2 N–H and O–H groups in total. The zero-order valence-corrected chi connectivity index (χ0v) is 11.1. The van der Waals surface area contributed by atoms with Crippen molar-refractivity contribution in [2.75, 3.05) is 32.8 Å². The minimum atomic E-state index is -0.815. The number of hydrogen-bond donors (Lipinski definition) is 2. The van der Waals surface area contributed by atoms with E-state index in [1.54, 1.807) is 4.90 Å². The summed E-state index contributed by atoms with van der Waals surface area (Å²) < 4.78 is 5.43. The zero-order valence-electron chi connectivity index (χ0n) is 11.1. The molecular weight excluding hydrogens is 248 g/mol. The number of hydrogen-bond acceptors (Lipinski definition) is 3. The lowest BCUT2D eigenvalue weighted by atomic mass is 9.99. The van der Waals surface area contributed by atoms with Crippen molar-refractivity contribution in [3.05, 3.63) is 0 Å². The number of nitrogens with one attached hydrogen (secondary N) is 1. The molecule has 1 atom stereocenters. The summed E-state index contributed by atoms with van der Waals surface area (Å²) in [6.45, 7) is 2.75. The monoisotopic (exact) mass is 270 g/mol. The maximum atomic E-state index is 11.8. The molecule has 2 amide bonds. The van der Waals surface area contributed by atoms with Gasteiger partial charge in [-0.2, -0.15) is 0 Å². The number of carbonyl (C=O) groups excluding carboxylic acids is 1. The molecule has 0 radical (unpaired) electrons. The molecule has 0 bridgehead atoms. The Bertz CT molecular complexity index is 331. The number of likely N-dealkylation sites (tertiary alicyclic amines) is 1. The van der Waals surface area contributed by atoms with Crippen LogP contribution in [0.2, 0.25) is 0 Å². The molecule has 108 valence electrons. The molecule has 2 aliphatic rings. The van der Waals surface area contributed by atoms with Crippen LogP contribution in [0.4, 0.5) is 4.79 Å². The van der Waals surface area contributed by atoms with Gasteiger partial charge in [0.05, 0.1) is 12.5 Å². The number of rotatable bonds is 6. The minimum Gasteiger partial charge on any atom is -0.481 e. The molecule has 0 aromatic rings. The van der Waals surface area contributed by atoms with Gasteiger partial charge in [-0.05, 0) is 31.6 Å². The fourth-order valence-electron chi connectivity index (χ4n) is 2.24. The third-order valence-electron chi connectivity index (χ3n) is 3.63. The molecule has 6 heteroatoms. The van der Waals surface area contributed by atoms with E-state index in [-0.39, 0.29) is 6.03 Å². The number of nitrogens with zero attached hydrogens (tertiary/aromatic N) is 1. The number of carbonyl (C=O) groups is 2. The molecule has 6 nitrogen and oxygen atoms in total. The number of carboxylic acid groups (broad SMARTS) is 1. The van der Waals surface area contributed by atoms with E-state index in [2.05, 4.69) is 5.32 Å². The number of aliphatic carboxylic acids is 1.